The van der Waals surface area contributed by atoms with Crippen molar-refractivity contribution < 1.29 is 4.74 Å². The molecule has 1 aromatic carbocycles. The van der Waals surface area contributed by atoms with Crippen molar-refractivity contribution in [3.05, 3.63) is 66.0 Å². The second kappa shape index (κ2) is 30.5. The van der Waals surface area contributed by atoms with Gasteiger partial charge >= 0.3 is 0 Å². The molecule has 3 rings (SSSR count). The maximum Gasteiger partial charge on any atom is 0.125 e. The average Bonchev–Trinajstić information content (AvgIpc) is 3.18. The van der Waals surface area contributed by atoms with Crippen LogP contribution in [0.3, 0.4) is 0 Å². The number of benzene rings is 1. The van der Waals surface area contributed by atoms with Crippen molar-refractivity contribution in [2.75, 3.05) is 25.0 Å². The molecule has 0 atom stereocenters. The van der Waals surface area contributed by atoms with Gasteiger partial charge in [0.25, 0.3) is 0 Å². The molecule has 1 aliphatic heterocycles. The monoisotopic (exact) mass is 570 g/mol. The summed E-state index contributed by atoms with van der Waals surface area (Å²) >= 11 is 0. The maximum atomic E-state index is 5.97. The van der Waals surface area contributed by atoms with Crippen molar-refractivity contribution >= 4 is 5.82 Å². The maximum absolute atomic E-state index is 5.97. The number of unbranched alkanes of at least 4 members (excludes halogenated alkanes) is 5. The molecule has 0 aliphatic carbocycles. The van der Waals surface area contributed by atoms with Gasteiger partial charge in [0, 0.05) is 31.5 Å². The van der Waals surface area contributed by atoms with E-state index in [0.29, 0.717) is 6.61 Å². The molecule has 1 aliphatic rings. The van der Waals surface area contributed by atoms with Crippen molar-refractivity contribution in [3.63, 3.8) is 0 Å². The van der Waals surface area contributed by atoms with E-state index in [1.165, 1.54) is 61.8 Å². The molecule has 1 aromatic heterocycles. The summed E-state index contributed by atoms with van der Waals surface area (Å²) in [7, 11) is 0. The van der Waals surface area contributed by atoms with Crippen LogP contribution in [0.5, 0.6) is 5.75 Å². The Kier molecular flexibility index (Phi) is 30.2. The fourth-order valence-corrected chi connectivity index (χ4v) is 3.97. The Bertz CT molecular complexity index is 816. The molecule has 2 heterocycles. The number of nitrogens with one attached hydrogen (secondary N) is 1. The largest absolute Gasteiger partial charge is 0.494 e. The van der Waals surface area contributed by atoms with Gasteiger partial charge < -0.3 is 15.0 Å². The quantitative estimate of drug-likeness (QED) is 0.243. The molecular weight excluding hydrogens is 502 g/mol. The number of allylic oxidation sites excluding steroid dienone is 1. The number of fused-ring (bicyclic) bond motifs is 1. The van der Waals surface area contributed by atoms with Crippen molar-refractivity contribution in [2.24, 2.45) is 0 Å². The Morgan fingerprint density at radius 3 is 2.02 bits per heavy atom. The fraction of sp³-hybridized carbons (Fsp3) is 0.649. The first-order valence-electron chi connectivity index (χ1n) is 16.9. The minimum absolute atomic E-state index is 0.698. The van der Waals surface area contributed by atoms with Gasteiger partial charge in [-0.2, -0.15) is 0 Å². The number of rotatable bonds is 13. The third kappa shape index (κ3) is 21.0. The van der Waals surface area contributed by atoms with Crippen LogP contribution in [0.4, 0.5) is 5.82 Å². The minimum Gasteiger partial charge on any atom is -0.494 e. The average molecular weight is 570 g/mol. The smallest absolute Gasteiger partial charge is 0.125 e. The highest BCUT2D eigenvalue weighted by Gasteiger charge is 2.16. The van der Waals surface area contributed by atoms with E-state index in [1.54, 1.807) is 6.20 Å². The van der Waals surface area contributed by atoms with Crippen LogP contribution in [0.1, 0.15) is 138 Å². The van der Waals surface area contributed by atoms with E-state index in [0.717, 1.165) is 56.9 Å². The van der Waals surface area contributed by atoms with Crippen molar-refractivity contribution in [1.29, 1.82) is 0 Å². The van der Waals surface area contributed by atoms with E-state index < -0.39 is 0 Å². The Morgan fingerprint density at radius 2 is 1.46 bits per heavy atom. The Hall–Kier alpha value is -2.49. The van der Waals surface area contributed by atoms with Gasteiger partial charge in [-0.25, -0.2) is 4.98 Å². The number of hydrogen-bond acceptors (Lipinski definition) is 4. The lowest BCUT2D eigenvalue weighted by Crippen LogP contribution is -2.21. The number of ether oxygens (including phenoxy) is 1. The molecule has 0 amide bonds. The van der Waals surface area contributed by atoms with Gasteiger partial charge in [-0.1, -0.05) is 126 Å². The van der Waals surface area contributed by atoms with Crippen molar-refractivity contribution in [2.45, 2.75) is 139 Å². The van der Waals surface area contributed by atoms with Gasteiger partial charge in [-0.15, -0.1) is 0 Å². The van der Waals surface area contributed by atoms with E-state index in [-0.39, 0.29) is 0 Å². The molecule has 4 nitrogen and oxygen atoms in total. The molecule has 0 saturated heterocycles. The molecule has 0 radical (unpaired) electrons. The van der Waals surface area contributed by atoms with Crippen LogP contribution in [0.25, 0.3) is 0 Å². The van der Waals surface area contributed by atoms with Crippen molar-refractivity contribution in [1.82, 2.24) is 9.88 Å². The molecule has 0 spiro atoms. The zero-order valence-electron chi connectivity index (χ0n) is 28.7. The van der Waals surface area contributed by atoms with Crippen LogP contribution < -0.4 is 10.1 Å². The summed E-state index contributed by atoms with van der Waals surface area (Å²) in [6.07, 6.45) is 15.6. The van der Waals surface area contributed by atoms with E-state index in [4.69, 9.17) is 4.74 Å². The number of pyridine rings is 1. The zero-order valence-corrected chi connectivity index (χ0v) is 28.7. The summed E-state index contributed by atoms with van der Waals surface area (Å²) in [6, 6.07) is 12.4. The van der Waals surface area contributed by atoms with Crippen LogP contribution in [0, 0.1) is 0 Å². The van der Waals surface area contributed by atoms with Gasteiger partial charge in [-0.3, -0.25) is 0 Å². The number of nitrogens with zero attached hydrogens (tertiary/aromatic N) is 2. The molecule has 236 valence electrons. The van der Waals surface area contributed by atoms with E-state index in [2.05, 4.69) is 74.6 Å². The predicted octanol–water partition coefficient (Wildman–Crippen LogP) is 11.5. The highest BCUT2D eigenvalue weighted by Crippen LogP contribution is 2.27. The lowest BCUT2D eigenvalue weighted by Gasteiger charge is -2.24. The first kappa shape index (κ1) is 40.6. The summed E-state index contributed by atoms with van der Waals surface area (Å²) in [6.45, 7) is 26.9. The van der Waals surface area contributed by atoms with Crippen LogP contribution in [-0.2, 0) is 13.0 Å². The third-order valence-corrected chi connectivity index (χ3v) is 6.43. The van der Waals surface area contributed by atoms with Crippen LogP contribution >= 0.6 is 0 Å². The second-order valence-electron chi connectivity index (χ2n) is 9.82. The van der Waals surface area contributed by atoms with Crippen LogP contribution in [-0.4, -0.2) is 29.6 Å². The molecule has 1 N–H and O–H groups in total. The first-order valence-corrected chi connectivity index (χ1v) is 16.9. The summed E-state index contributed by atoms with van der Waals surface area (Å²) in [5.74, 6) is 1.87. The third-order valence-electron chi connectivity index (χ3n) is 6.43. The summed E-state index contributed by atoms with van der Waals surface area (Å²) in [4.78, 5) is 6.67. The normalized spacial score (nSPS) is 11.4. The minimum atomic E-state index is 0.698. The lowest BCUT2D eigenvalue weighted by atomic mass is 10.0. The molecule has 0 bridgehead atoms. The van der Waals surface area contributed by atoms with E-state index in [1.807, 2.05) is 45.9 Å². The topological polar surface area (TPSA) is 37.4 Å². The van der Waals surface area contributed by atoms with Gasteiger partial charge in [0.05, 0.1) is 6.61 Å². The van der Waals surface area contributed by atoms with Gasteiger partial charge in [0.15, 0.2) is 0 Å². The van der Waals surface area contributed by atoms with E-state index in [9.17, 15) is 0 Å². The first-order chi connectivity index (χ1) is 20.1. The SMILES string of the molecule is C=C1CCc2ccc(OCCCNc3ccccn3)cc2CN1CCC.CC.CC.CCCC.CCCCCCC. The summed E-state index contributed by atoms with van der Waals surface area (Å²) in [5.41, 5.74) is 4.06. The summed E-state index contributed by atoms with van der Waals surface area (Å²) < 4.78 is 5.97. The van der Waals surface area contributed by atoms with E-state index >= 15 is 0 Å². The molecule has 2 aromatic rings. The van der Waals surface area contributed by atoms with Gasteiger partial charge in [-0.05, 0) is 61.1 Å². The highest BCUT2D eigenvalue weighted by atomic mass is 16.5. The second-order valence-corrected chi connectivity index (χ2v) is 9.82. The molecule has 0 fully saturated rings. The van der Waals surface area contributed by atoms with Crippen molar-refractivity contribution in [3.8, 4) is 5.75 Å². The summed E-state index contributed by atoms with van der Waals surface area (Å²) in [5, 5.41) is 3.31. The van der Waals surface area contributed by atoms with Gasteiger partial charge in [0.2, 0.25) is 0 Å². The standard InChI is InChI=1S/C22H29N3O.C7H16.C4H10.2C2H6/c1-3-14-25-17-20-16-21(11-10-19(20)9-8-18(25)2)26-15-6-13-24-22-7-4-5-12-23-22;1-3-5-7-6-4-2;1-3-4-2;2*1-2/h4-5,7,10-12,16H,2-3,6,8-9,13-15,17H2,1H3,(H,23,24);3-7H2,1-2H3;3-4H2,1-2H3;2*1-2H3. The Balaban J connectivity index is 0. The number of hydrogen-bond donors (Lipinski definition) is 1. The lowest BCUT2D eigenvalue weighted by molar-refractivity contribution is 0.312. The Labute approximate surface area is 256 Å². The predicted molar refractivity (Wildman–Crippen MR) is 185 cm³/mol. The molecule has 41 heavy (non-hydrogen) atoms. The highest BCUT2D eigenvalue weighted by molar-refractivity contribution is 5.37. The number of aromatic nitrogens is 1. The zero-order chi connectivity index (χ0) is 31.1. The number of anilines is 1. The molecule has 0 saturated carbocycles. The molecule has 0 unspecified atom stereocenters. The molecule has 4 heteroatoms. The number of aryl methyl sites for hydroxylation is 1. The molecular formula is C37H67N3O. The fourth-order valence-electron chi connectivity index (χ4n) is 3.97. The Morgan fingerprint density at radius 1 is 0.780 bits per heavy atom. The van der Waals surface area contributed by atoms with Crippen LogP contribution in [0.2, 0.25) is 0 Å². The van der Waals surface area contributed by atoms with Gasteiger partial charge in [0.1, 0.15) is 11.6 Å². The van der Waals surface area contributed by atoms with Crippen LogP contribution in [0.15, 0.2) is 54.9 Å².